The van der Waals surface area contributed by atoms with Crippen LogP contribution in [0.1, 0.15) is 27.9 Å². The monoisotopic (exact) mass is 340 g/mol. The molecule has 20 heavy (non-hydrogen) atoms. The van der Waals surface area contributed by atoms with E-state index in [2.05, 4.69) is 26.4 Å². The van der Waals surface area contributed by atoms with Crippen LogP contribution in [0.5, 0.6) is 5.75 Å². The lowest BCUT2D eigenvalue weighted by molar-refractivity contribution is 0.0921. The maximum atomic E-state index is 13.4. The number of ether oxygens (including phenoxy) is 1. The number of halogens is 2. The molecule has 0 fully saturated rings. The molecule has 7 heteroatoms. The van der Waals surface area contributed by atoms with Crippen molar-refractivity contribution in [2.24, 2.45) is 0 Å². The van der Waals surface area contributed by atoms with Crippen molar-refractivity contribution in [2.75, 3.05) is 6.61 Å². The number of aromatic nitrogens is 1. The summed E-state index contributed by atoms with van der Waals surface area (Å²) in [7, 11) is 0. The second kappa shape index (κ2) is 4.90. The summed E-state index contributed by atoms with van der Waals surface area (Å²) in [6.07, 6.45) is 0. The Morgan fingerprint density at radius 1 is 1.50 bits per heavy atom. The van der Waals surface area contributed by atoms with Gasteiger partial charge >= 0.3 is 0 Å². The van der Waals surface area contributed by atoms with E-state index in [0.29, 0.717) is 16.0 Å². The third-order valence-corrected chi connectivity index (χ3v) is 3.61. The summed E-state index contributed by atoms with van der Waals surface area (Å²) in [4.78, 5) is 12.0. The van der Waals surface area contributed by atoms with Crippen molar-refractivity contribution in [1.29, 1.82) is 0 Å². The average molecular weight is 341 g/mol. The van der Waals surface area contributed by atoms with Crippen LogP contribution in [-0.4, -0.2) is 17.7 Å². The fourth-order valence-corrected chi connectivity index (χ4v) is 2.39. The van der Waals surface area contributed by atoms with E-state index in [0.717, 1.165) is 5.56 Å². The van der Waals surface area contributed by atoms with Crippen LogP contribution in [0.25, 0.3) is 0 Å². The third kappa shape index (κ3) is 2.29. The molecule has 1 atom stereocenters. The number of hydrogen-bond acceptors (Lipinski definition) is 4. The lowest BCUT2D eigenvalue weighted by Crippen LogP contribution is -2.29. The minimum absolute atomic E-state index is 0.206. The standard InChI is InChI=1S/C13H10BrFN2O3/c1-6-2-10(17-20-6)13(18)16-11-5-19-12-4-9(15)8(14)3-7(11)12/h2-4,11H,5H2,1H3,(H,16,18)/t11-/m1/s1. The van der Waals surface area contributed by atoms with E-state index in [9.17, 15) is 9.18 Å². The molecule has 0 radical (unpaired) electrons. The first kappa shape index (κ1) is 13.1. The van der Waals surface area contributed by atoms with E-state index in [1.807, 2.05) is 0 Å². The van der Waals surface area contributed by atoms with Crippen molar-refractivity contribution in [1.82, 2.24) is 10.5 Å². The van der Waals surface area contributed by atoms with Crippen molar-refractivity contribution in [3.8, 4) is 5.75 Å². The molecule has 0 aliphatic carbocycles. The fraction of sp³-hybridized carbons (Fsp3) is 0.231. The molecule has 0 saturated carbocycles. The van der Waals surface area contributed by atoms with Crippen LogP contribution in [0.15, 0.2) is 27.2 Å². The second-order valence-electron chi connectivity index (χ2n) is 4.46. The van der Waals surface area contributed by atoms with Gasteiger partial charge in [0.25, 0.3) is 5.91 Å². The van der Waals surface area contributed by atoms with Gasteiger partial charge in [-0.05, 0) is 28.9 Å². The molecule has 1 N–H and O–H groups in total. The zero-order valence-electron chi connectivity index (χ0n) is 10.4. The normalized spacial score (nSPS) is 16.6. The van der Waals surface area contributed by atoms with Crippen LogP contribution in [0.2, 0.25) is 0 Å². The number of fused-ring (bicyclic) bond motifs is 1. The molecule has 1 aromatic heterocycles. The van der Waals surface area contributed by atoms with Gasteiger partial charge in [0, 0.05) is 17.7 Å². The third-order valence-electron chi connectivity index (χ3n) is 3.00. The number of rotatable bonds is 2. The van der Waals surface area contributed by atoms with E-state index in [4.69, 9.17) is 9.26 Å². The van der Waals surface area contributed by atoms with Gasteiger partial charge < -0.3 is 14.6 Å². The van der Waals surface area contributed by atoms with Crippen LogP contribution in [0.4, 0.5) is 4.39 Å². The molecular formula is C13H10BrFN2O3. The molecule has 1 aliphatic rings. The lowest BCUT2D eigenvalue weighted by Gasteiger charge is -2.10. The Morgan fingerprint density at radius 2 is 2.30 bits per heavy atom. The molecule has 1 amide bonds. The molecule has 0 bridgehead atoms. The van der Waals surface area contributed by atoms with Gasteiger partial charge in [-0.2, -0.15) is 0 Å². The molecular weight excluding hydrogens is 331 g/mol. The average Bonchev–Trinajstić information content (AvgIpc) is 2.98. The molecule has 104 valence electrons. The first-order valence-electron chi connectivity index (χ1n) is 5.90. The number of nitrogens with zero attached hydrogens (tertiary/aromatic N) is 1. The van der Waals surface area contributed by atoms with Gasteiger partial charge in [-0.1, -0.05) is 5.16 Å². The van der Waals surface area contributed by atoms with Gasteiger partial charge in [-0.15, -0.1) is 0 Å². The Bertz CT molecular complexity index is 686. The van der Waals surface area contributed by atoms with Crippen LogP contribution in [0.3, 0.4) is 0 Å². The molecule has 2 heterocycles. The summed E-state index contributed by atoms with van der Waals surface area (Å²) in [6.45, 7) is 1.96. The molecule has 1 aromatic carbocycles. The van der Waals surface area contributed by atoms with Crippen LogP contribution >= 0.6 is 15.9 Å². The maximum absolute atomic E-state index is 13.4. The van der Waals surface area contributed by atoms with Crippen molar-refractivity contribution in [3.05, 3.63) is 45.5 Å². The van der Waals surface area contributed by atoms with Gasteiger partial charge in [-0.3, -0.25) is 4.79 Å². The van der Waals surface area contributed by atoms with Crippen LogP contribution < -0.4 is 10.1 Å². The highest BCUT2D eigenvalue weighted by Crippen LogP contribution is 2.36. The van der Waals surface area contributed by atoms with Gasteiger partial charge in [0.2, 0.25) is 0 Å². The zero-order valence-corrected chi connectivity index (χ0v) is 12.0. The number of benzene rings is 1. The van der Waals surface area contributed by atoms with Gasteiger partial charge in [0.1, 0.15) is 23.9 Å². The molecule has 0 saturated heterocycles. The Labute approximate surface area is 122 Å². The highest BCUT2D eigenvalue weighted by molar-refractivity contribution is 9.10. The Kier molecular flexibility index (Phi) is 3.21. The van der Waals surface area contributed by atoms with E-state index in [1.54, 1.807) is 19.1 Å². The van der Waals surface area contributed by atoms with Crippen molar-refractivity contribution in [3.63, 3.8) is 0 Å². The Hall–Kier alpha value is -1.89. The first-order chi connectivity index (χ1) is 9.54. The number of carbonyl (C=O) groups excluding carboxylic acids is 1. The van der Waals surface area contributed by atoms with Gasteiger partial charge in [0.05, 0.1) is 10.5 Å². The van der Waals surface area contributed by atoms with Crippen LogP contribution in [-0.2, 0) is 0 Å². The van der Waals surface area contributed by atoms with E-state index in [1.165, 1.54) is 6.07 Å². The molecule has 1 aliphatic heterocycles. The summed E-state index contributed by atoms with van der Waals surface area (Å²) in [5.74, 6) is 0.238. The summed E-state index contributed by atoms with van der Waals surface area (Å²) in [5.41, 5.74) is 0.934. The van der Waals surface area contributed by atoms with Gasteiger partial charge in [0.15, 0.2) is 5.69 Å². The summed E-state index contributed by atoms with van der Waals surface area (Å²) in [6, 6.07) is 4.11. The minimum Gasteiger partial charge on any atom is -0.491 e. The highest BCUT2D eigenvalue weighted by Gasteiger charge is 2.28. The number of hydrogen-bond donors (Lipinski definition) is 1. The molecule has 2 aromatic rings. The van der Waals surface area contributed by atoms with E-state index >= 15 is 0 Å². The number of carbonyl (C=O) groups is 1. The summed E-state index contributed by atoms with van der Waals surface area (Å²) < 4.78 is 24.0. The number of aryl methyl sites for hydroxylation is 1. The van der Waals surface area contributed by atoms with Crippen molar-refractivity contribution >= 4 is 21.8 Å². The number of nitrogens with one attached hydrogen (secondary N) is 1. The van der Waals surface area contributed by atoms with Crippen molar-refractivity contribution in [2.45, 2.75) is 13.0 Å². The maximum Gasteiger partial charge on any atom is 0.274 e. The largest absolute Gasteiger partial charge is 0.491 e. The molecule has 3 rings (SSSR count). The Balaban J connectivity index is 1.81. The predicted molar refractivity (Wildman–Crippen MR) is 71.0 cm³/mol. The van der Waals surface area contributed by atoms with E-state index in [-0.39, 0.29) is 24.2 Å². The van der Waals surface area contributed by atoms with Crippen molar-refractivity contribution < 1.29 is 18.4 Å². The van der Waals surface area contributed by atoms with Crippen LogP contribution in [0, 0.1) is 12.7 Å². The lowest BCUT2D eigenvalue weighted by atomic mass is 10.1. The topological polar surface area (TPSA) is 64.4 Å². The number of amides is 1. The zero-order chi connectivity index (χ0) is 14.3. The smallest absolute Gasteiger partial charge is 0.274 e. The summed E-state index contributed by atoms with van der Waals surface area (Å²) >= 11 is 3.12. The molecule has 0 spiro atoms. The van der Waals surface area contributed by atoms with Gasteiger partial charge in [-0.25, -0.2) is 4.39 Å². The quantitative estimate of drug-likeness (QED) is 0.912. The minimum atomic E-state index is -0.400. The van der Waals surface area contributed by atoms with E-state index < -0.39 is 5.82 Å². The SMILES string of the molecule is Cc1cc(C(=O)N[C@@H]2COc3cc(F)c(Br)cc32)no1. The molecule has 5 nitrogen and oxygen atoms in total. The second-order valence-corrected chi connectivity index (χ2v) is 5.32. The molecule has 0 unspecified atom stereocenters. The summed E-state index contributed by atoms with van der Waals surface area (Å²) in [5, 5.41) is 6.43. The first-order valence-corrected chi connectivity index (χ1v) is 6.70. The fourth-order valence-electron chi connectivity index (χ4n) is 2.03. The highest BCUT2D eigenvalue weighted by atomic mass is 79.9. The predicted octanol–water partition coefficient (Wildman–Crippen LogP) is 2.75. The Morgan fingerprint density at radius 3 is 3.00 bits per heavy atom.